The van der Waals surface area contributed by atoms with Crippen molar-refractivity contribution < 1.29 is 58.1 Å². The molecule has 22 heteroatoms. The number of carboxylic acid groups (broad SMARTS) is 1. The van der Waals surface area contributed by atoms with Crippen molar-refractivity contribution >= 4 is 53.4 Å². The van der Waals surface area contributed by atoms with Gasteiger partial charge < -0.3 is 63.2 Å². The SMILES string of the molecule is CC[C@H](C)[C@H](NC(=O)[C@H](C)N(C(=O)OCc1ccccc1)C(=O)[C@H](CO)NC(=O)[C@@H](N)CC(C)C)C(=O)N1CCC[C@H]1C(=O)N1CCC[C@H]1C(=O)N[C@@H](CCCCN)C(=O)N[C@@H](CCCCN)C(=O)O. The Balaban J connectivity index is 1.85. The van der Waals surface area contributed by atoms with Crippen LogP contribution in [0.1, 0.15) is 117 Å². The van der Waals surface area contributed by atoms with E-state index in [9.17, 15) is 53.4 Å². The second kappa shape index (κ2) is 29.5. The molecule has 0 unspecified atom stereocenters. The van der Waals surface area contributed by atoms with Gasteiger partial charge in [-0.3, -0.25) is 33.6 Å². The molecule has 0 spiro atoms. The molecule has 12 N–H and O–H groups in total. The fraction of sp³-hybridized carbons (Fsp3) is 0.688. The van der Waals surface area contributed by atoms with E-state index in [2.05, 4.69) is 21.3 Å². The number of nitrogens with one attached hydrogen (secondary N) is 4. The summed E-state index contributed by atoms with van der Waals surface area (Å²) in [5.41, 5.74) is 17.8. The van der Waals surface area contributed by atoms with Crippen LogP contribution in [0.5, 0.6) is 0 Å². The smallest absolute Gasteiger partial charge is 0.417 e. The van der Waals surface area contributed by atoms with Gasteiger partial charge in [0, 0.05) is 13.1 Å². The predicted molar refractivity (Wildman–Crippen MR) is 258 cm³/mol. The van der Waals surface area contributed by atoms with Gasteiger partial charge in [-0.1, -0.05) is 64.4 Å². The molecule has 0 aliphatic carbocycles. The number of rotatable bonds is 28. The number of aliphatic hydroxyl groups excluding tert-OH is 1. The van der Waals surface area contributed by atoms with E-state index in [0.29, 0.717) is 68.5 Å². The summed E-state index contributed by atoms with van der Waals surface area (Å²) in [4.78, 5) is 127. The standard InChI is InChI=1S/C48H78N10O12/c1-6-30(4)39(55-40(60)31(5)58(48(69)70-28-32-16-8-7-9-17-32)44(64)36(27-59)54-41(61)33(51)26-29(2)3)46(66)57-25-15-21-38(57)45(65)56-24-14-20-37(56)43(63)52-34(18-10-12-22-49)42(62)53-35(47(67)68)19-11-13-23-50/h7-9,16-17,29-31,33-39,59H,6,10-15,18-28,49-51H2,1-5H3,(H,52,63)(H,53,62)(H,54,61)(H,55,60)(H,67,68)/t30-,31-,33-,34-,35-,36-,37-,38-,39-/m0/s1. The van der Waals surface area contributed by atoms with Crippen LogP contribution in [0.3, 0.4) is 0 Å². The molecule has 22 nitrogen and oxygen atoms in total. The molecule has 2 aliphatic heterocycles. The number of aliphatic carboxylic acids is 1. The molecule has 3 rings (SSSR count). The number of carbonyl (C=O) groups is 9. The first-order chi connectivity index (χ1) is 33.3. The Labute approximate surface area is 410 Å². The quantitative estimate of drug-likeness (QED) is 0.0507. The Kier molecular flexibility index (Phi) is 24.7. The molecule has 0 radical (unpaired) electrons. The number of likely N-dealkylation sites (tertiary alicyclic amines) is 2. The van der Waals surface area contributed by atoms with Gasteiger partial charge in [0.1, 0.15) is 48.9 Å². The van der Waals surface area contributed by atoms with E-state index in [1.807, 2.05) is 13.8 Å². The van der Waals surface area contributed by atoms with Crippen molar-refractivity contribution in [1.82, 2.24) is 36.0 Å². The number of carboxylic acids is 1. The minimum atomic E-state index is -1.70. The zero-order chi connectivity index (χ0) is 52.1. The molecule has 392 valence electrons. The minimum absolute atomic E-state index is 0.0202. The Bertz CT molecular complexity index is 1920. The first-order valence-electron chi connectivity index (χ1n) is 24.7. The average Bonchev–Trinajstić information content (AvgIpc) is 4.04. The second-order valence-corrected chi connectivity index (χ2v) is 18.7. The van der Waals surface area contributed by atoms with Crippen molar-refractivity contribution in [1.29, 1.82) is 0 Å². The second-order valence-electron chi connectivity index (χ2n) is 18.7. The average molecular weight is 987 g/mol. The fourth-order valence-corrected chi connectivity index (χ4v) is 8.56. The molecular weight excluding hydrogens is 909 g/mol. The molecule has 0 bridgehead atoms. The number of nitrogens with zero attached hydrogens (tertiary/aromatic N) is 3. The maximum atomic E-state index is 14.6. The monoisotopic (exact) mass is 987 g/mol. The van der Waals surface area contributed by atoms with Gasteiger partial charge in [-0.05, 0) is 108 Å². The van der Waals surface area contributed by atoms with Gasteiger partial charge in [0.2, 0.25) is 35.4 Å². The molecule has 70 heavy (non-hydrogen) atoms. The van der Waals surface area contributed by atoms with E-state index in [0.717, 1.165) is 0 Å². The lowest BCUT2D eigenvalue weighted by atomic mass is 9.96. The summed E-state index contributed by atoms with van der Waals surface area (Å²) >= 11 is 0. The van der Waals surface area contributed by atoms with E-state index >= 15 is 0 Å². The summed E-state index contributed by atoms with van der Waals surface area (Å²) in [6.45, 7) is 8.22. The van der Waals surface area contributed by atoms with Gasteiger partial charge >= 0.3 is 12.1 Å². The van der Waals surface area contributed by atoms with Crippen molar-refractivity contribution in [3.63, 3.8) is 0 Å². The largest absolute Gasteiger partial charge is 0.480 e. The minimum Gasteiger partial charge on any atom is -0.480 e. The molecule has 1 aromatic carbocycles. The van der Waals surface area contributed by atoms with Crippen LogP contribution < -0.4 is 38.5 Å². The normalized spacial score (nSPS) is 18.7. The number of aliphatic hydroxyl groups is 1. The first-order valence-corrected chi connectivity index (χ1v) is 24.7. The van der Waals surface area contributed by atoms with Gasteiger partial charge in [0.05, 0.1) is 12.6 Å². The van der Waals surface area contributed by atoms with Gasteiger partial charge in [0.25, 0.3) is 5.91 Å². The van der Waals surface area contributed by atoms with Crippen LogP contribution >= 0.6 is 0 Å². The van der Waals surface area contributed by atoms with Gasteiger partial charge in [0.15, 0.2) is 0 Å². The highest BCUT2D eigenvalue weighted by atomic mass is 16.6. The molecule has 0 aromatic heterocycles. The number of hydrogen-bond donors (Lipinski definition) is 9. The number of ether oxygens (including phenoxy) is 1. The van der Waals surface area contributed by atoms with Crippen molar-refractivity contribution in [3.8, 4) is 0 Å². The molecule has 9 atom stereocenters. The van der Waals surface area contributed by atoms with Crippen molar-refractivity contribution in [2.75, 3.05) is 32.8 Å². The first kappa shape index (κ1) is 58.6. The Morgan fingerprint density at radius 1 is 0.757 bits per heavy atom. The number of amides is 8. The van der Waals surface area contributed by atoms with Crippen molar-refractivity contribution in [2.45, 2.75) is 167 Å². The molecular formula is C48H78N10O12. The summed E-state index contributed by atoms with van der Waals surface area (Å²) in [6, 6.07) is -1.46. The highest BCUT2D eigenvalue weighted by Crippen LogP contribution is 2.27. The summed E-state index contributed by atoms with van der Waals surface area (Å²) < 4.78 is 5.47. The number of nitrogens with two attached hydrogens (primary N) is 3. The Morgan fingerprint density at radius 2 is 1.34 bits per heavy atom. The molecule has 1 aromatic rings. The third-order valence-electron chi connectivity index (χ3n) is 12.8. The highest BCUT2D eigenvalue weighted by Gasteiger charge is 2.46. The van der Waals surface area contributed by atoms with E-state index in [1.165, 1.54) is 16.7 Å². The topological polar surface area (TPSA) is 339 Å². The number of benzene rings is 1. The van der Waals surface area contributed by atoms with Gasteiger partial charge in [-0.25, -0.2) is 14.5 Å². The van der Waals surface area contributed by atoms with Crippen LogP contribution in [-0.2, 0) is 49.7 Å². The Hall–Kier alpha value is -5.71. The van der Waals surface area contributed by atoms with E-state index < -0.39 is 114 Å². The number of hydrogen-bond acceptors (Lipinski definition) is 14. The molecule has 2 aliphatic rings. The van der Waals surface area contributed by atoms with Crippen LogP contribution in [0.2, 0.25) is 0 Å². The third-order valence-corrected chi connectivity index (χ3v) is 12.8. The highest BCUT2D eigenvalue weighted by molar-refractivity contribution is 6.03. The van der Waals surface area contributed by atoms with E-state index in [-0.39, 0.29) is 57.7 Å². The van der Waals surface area contributed by atoms with E-state index in [1.54, 1.807) is 44.2 Å². The summed E-state index contributed by atoms with van der Waals surface area (Å²) in [5.74, 6) is -7.00. The molecule has 2 fully saturated rings. The molecule has 8 amide bonds. The molecule has 2 saturated heterocycles. The number of carbonyl (C=O) groups excluding carboxylic acids is 8. The van der Waals surface area contributed by atoms with Crippen LogP contribution in [-0.4, -0.2) is 159 Å². The number of unbranched alkanes of at least 4 members (excludes halogenated alkanes) is 2. The predicted octanol–water partition coefficient (Wildman–Crippen LogP) is 0.216. The summed E-state index contributed by atoms with van der Waals surface area (Å²) in [7, 11) is 0. The van der Waals surface area contributed by atoms with Crippen molar-refractivity contribution in [2.24, 2.45) is 29.0 Å². The summed E-state index contributed by atoms with van der Waals surface area (Å²) in [5, 5.41) is 30.4. The summed E-state index contributed by atoms with van der Waals surface area (Å²) in [6.07, 6.45) is 3.13. The van der Waals surface area contributed by atoms with Crippen LogP contribution in [0, 0.1) is 11.8 Å². The third kappa shape index (κ3) is 17.0. The maximum Gasteiger partial charge on any atom is 0.417 e. The van der Waals surface area contributed by atoms with Gasteiger partial charge in [-0.15, -0.1) is 0 Å². The zero-order valence-electron chi connectivity index (χ0n) is 41.4. The van der Waals surface area contributed by atoms with Crippen LogP contribution in [0.15, 0.2) is 30.3 Å². The molecule has 0 saturated carbocycles. The maximum absolute atomic E-state index is 14.6. The number of imide groups is 1. The zero-order valence-corrected chi connectivity index (χ0v) is 41.4. The van der Waals surface area contributed by atoms with E-state index in [4.69, 9.17) is 21.9 Å². The van der Waals surface area contributed by atoms with Crippen LogP contribution in [0.25, 0.3) is 0 Å². The van der Waals surface area contributed by atoms with Crippen molar-refractivity contribution in [3.05, 3.63) is 35.9 Å². The lowest BCUT2D eigenvalue weighted by molar-refractivity contribution is -0.149. The Morgan fingerprint density at radius 3 is 1.91 bits per heavy atom. The molecule has 2 heterocycles. The van der Waals surface area contributed by atoms with Gasteiger partial charge in [-0.2, -0.15) is 0 Å². The lowest BCUT2D eigenvalue weighted by Gasteiger charge is -2.35. The van der Waals surface area contributed by atoms with Crippen LogP contribution in [0.4, 0.5) is 4.79 Å². The fourth-order valence-electron chi connectivity index (χ4n) is 8.56. The lowest BCUT2D eigenvalue weighted by Crippen LogP contribution is -2.62.